The third-order valence-corrected chi connectivity index (χ3v) is 2.80. The fourth-order valence-electron chi connectivity index (χ4n) is 1.90. The van der Waals surface area contributed by atoms with Gasteiger partial charge in [0, 0.05) is 31.4 Å². The van der Waals surface area contributed by atoms with Crippen molar-refractivity contribution < 1.29 is 5.11 Å². The van der Waals surface area contributed by atoms with Gasteiger partial charge in [-0.3, -0.25) is 4.68 Å². The first-order valence-corrected chi connectivity index (χ1v) is 5.96. The van der Waals surface area contributed by atoms with E-state index >= 15 is 0 Å². The van der Waals surface area contributed by atoms with Gasteiger partial charge in [-0.15, -0.1) is 0 Å². The quantitative estimate of drug-likeness (QED) is 0.772. The first kappa shape index (κ1) is 13.2. The van der Waals surface area contributed by atoms with Crippen LogP contribution < -0.4 is 5.32 Å². The Morgan fingerprint density at radius 2 is 2.25 bits per heavy atom. The number of hydrogen-bond acceptors (Lipinski definition) is 3. The van der Waals surface area contributed by atoms with E-state index in [0.29, 0.717) is 6.54 Å². The van der Waals surface area contributed by atoms with Gasteiger partial charge in [-0.25, -0.2) is 0 Å². The third kappa shape index (κ3) is 3.61. The molecule has 0 aliphatic rings. The summed E-state index contributed by atoms with van der Waals surface area (Å²) in [5, 5.41) is 17.3. The van der Waals surface area contributed by atoms with Crippen LogP contribution in [-0.4, -0.2) is 27.5 Å². The Morgan fingerprint density at radius 1 is 1.56 bits per heavy atom. The summed E-state index contributed by atoms with van der Waals surface area (Å²) < 4.78 is 1.82. The molecule has 4 nitrogen and oxygen atoms in total. The fourth-order valence-corrected chi connectivity index (χ4v) is 1.90. The minimum Gasteiger partial charge on any atom is -0.392 e. The molecule has 0 fully saturated rings. The number of nitrogens with one attached hydrogen (secondary N) is 1. The second-order valence-electron chi connectivity index (χ2n) is 4.42. The molecule has 2 unspecified atom stereocenters. The molecule has 2 atom stereocenters. The lowest BCUT2D eigenvalue weighted by atomic mass is 10.1. The Morgan fingerprint density at radius 3 is 2.75 bits per heavy atom. The second-order valence-corrected chi connectivity index (χ2v) is 4.42. The fraction of sp³-hybridized carbons (Fsp3) is 0.750. The summed E-state index contributed by atoms with van der Waals surface area (Å²) in [5.41, 5.74) is 2.25. The first-order valence-electron chi connectivity index (χ1n) is 5.96. The largest absolute Gasteiger partial charge is 0.392 e. The molecule has 0 aliphatic carbocycles. The minimum absolute atomic E-state index is 0.236. The van der Waals surface area contributed by atoms with Gasteiger partial charge in [-0.1, -0.05) is 13.3 Å². The molecular weight excluding hydrogens is 202 g/mol. The maximum absolute atomic E-state index is 9.64. The maximum Gasteiger partial charge on any atom is 0.0664 e. The molecule has 0 aromatic carbocycles. The molecule has 1 heterocycles. The first-order chi connectivity index (χ1) is 7.54. The maximum atomic E-state index is 9.64. The predicted octanol–water partition coefficient (Wildman–Crippen LogP) is 1.54. The van der Waals surface area contributed by atoms with Gasteiger partial charge >= 0.3 is 0 Å². The smallest absolute Gasteiger partial charge is 0.0664 e. The Hall–Kier alpha value is -0.870. The van der Waals surface area contributed by atoms with E-state index in [9.17, 15) is 5.11 Å². The Labute approximate surface area is 97.7 Å². The summed E-state index contributed by atoms with van der Waals surface area (Å²) in [7, 11) is 1.93. The van der Waals surface area contributed by atoms with E-state index in [2.05, 4.69) is 24.3 Å². The molecule has 0 amide bonds. The number of aryl methyl sites for hydroxylation is 2. The molecule has 0 spiro atoms. The molecule has 0 bridgehead atoms. The number of rotatable bonds is 6. The minimum atomic E-state index is -0.246. The van der Waals surface area contributed by atoms with Crippen molar-refractivity contribution in [2.24, 2.45) is 7.05 Å². The molecule has 0 radical (unpaired) electrons. The van der Waals surface area contributed by atoms with Gasteiger partial charge in [0.2, 0.25) is 0 Å². The number of aliphatic hydroxyl groups is 1. The van der Waals surface area contributed by atoms with E-state index in [1.807, 2.05) is 24.9 Å². The molecule has 0 aliphatic heterocycles. The normalized spacial score (nSPS) is 15.1. The van der Waals surface area contributed by atoms with Crippen molar-refractivity contribution >= 4 is 0 Å². The molecule has 1 aromatic heterocycles. The van der Waals surface area contributed by atoms with Crippen LogP contribution in [0.1, 0.15) is 44.0 Å². The highest BCUT2D eigenvalue weighted by atomic mass is 16.3. The van der Waals surface area contributed by atoms with E-state index in [-0.39, 0.29) is 12.1 Å². The molecule has 92 valence electrons. The summed E-state index contributed by atoms with van der Waals surface area (Å²) in [6.07, 6.45) is 3.65. The zero-order valence-corrected chi connectivity index (χ0v) is 10.7. The standard InChI is InChI=1S/C12H23N3O/c1-5-6-11(16)7-13-9(2)12-8-15(4)14-10(12)3/h8-9,11,13,16H,5-7H2,1-4H3. The van der Waals surface area contributed by atoms with E-state index in [0.717, 1.165) is 18.5 Å². The van der Waals surface area contributed by atoms with Crippen LogP contribution in [-0.2, 0) is 7.05 Å². The summed E-state index contributed by atoms with van der Waals surface area (Å²) in [4.78, 5) is 0. The van der Waals surface area contributed by atoms with Gasteiger partial charge in [0.05, 0.1) is 11.8 Å². The van der Waals surface area contributed by atoms with Gasteiger partial charge < -0.3 is 10.4 Å². The van der Waals surface area contributed by atoms with Crippen molar-refractivity contribution in [2.45, 2.75) is 45.8 Å². The van der Waals surface area contributed by atoms with Gasteiger partial charge in [-0.2, -0.15) is 5.10 Å². The average Bonchev–Trinajstić information content (AvgIpc) is 2.55. The van der Waals surface area contributed by atoms with E-state index in [1.54, 1.807) is 0 Å². The topological polar surface area (TPSA) is 50.1 Å². The second kappa shape index (κ2) is 6.01. The lowest BCUT2D eigenvalue weighted by molar-refractivity contribution is 0.157. The van der Waals surface area contributed by atoms with Crippen LogP contribution in [0.4, 0.5) is 0 Å². The Balaban J connectivity index is 2.46. The SMILES string of the molecule is CCCC(O)CNC(C)c1cn(C)nc1C. The van der Waals surface area contributed by atoms with Crippen LogP contribution in [0.3, 0.4) is 0 Å². The zero-order valence-electron chi connectivity index (χ0n) is 10.7. The average molecular weight is 225 g/mol. The van der Waals surface area contributed by atoms with Crippen LogP contribution in [0.5, 0.6) is 0 Å². The van der Waals surface area contributed by atoms with E-state index in [1.165, 1.54) is 5.56 Å². The van der Waals surface area contributed by atoms with Gasteiger partial charge in [-0.05, 0) is 20.3 Å². The number of aliphatic hydroxyl groups excluding tert-OH is 1. The molecule has 0 saturated heterocycles. The van der Waals surface area contributed by atoms with Crippen LogP contribution in [0.25, 0.3) is 0 Å². The van der Waals surface area contributed by atoms with E-state index < -0.39 is 0 Å². The van der Waals surface area contributed by atoms with Crippen molar-refractivity contribution in [1.29, 1.82) is 0 Å². The van der Waals surface area contributed by atoms with Gasteiger partial charge in [0.25, 0.3) is 0 Å². The van der Waals surface area contributed by atoms with Crippen LogP contribution >= 0.6 is 0 Å². The van der Waals surface area contributed by atoms with Gasteiger partial charge in [0.1, 0.15) is 0 Å². The lowest BCUT2D eigenvalue weighted by Gasteiger charge is -2.16. The molecule has 16 heavy (non-hydrogen) atoms. The highest BCUT2D eigenvalue weighted by molar-refractivity contribution is 5.19. The van der Waals surface area contributed by atoms with Crippen molar-refractivity contribution in [3.63, 3.8) is 0 Å². The van der Waals surface area contributed by atoms with Crippen molar-refractivity contribution in [3.05, 3.63) is 17.5 Å². The molecule has 2 N–H and O–H groups in total. The Bertz CT molecular complexity index is 322. The summed E-state index contributed by atoms with van der Waals surface area (Å²) >= 11 is 0. The molecule has 0 saturated carbocycles. The lowest BCUT2D eigenvalue weighted by Crippen LogP contribution is -2.29. The van der Waals surface area contributed by atoms with Gasteiger partial charge in [0.15, 0.2) is 0 Å². The highest BCUT2D eigenvalue weighted by Crippen LogP contribution is 2.15. The number of hydrogen-bond donors (Lipinski definition) is 2. The summed E-state index contributed by atoms with van der Waals surface area (Å²) in [6, 6.07) is 0.236. The Kier molecular flexibility index (Phi) is 4.96. The molecule has 4 heteroatoms. The summed E-state index contributed by atoms with van der Waals surface area (Å²) in [5.74, 6) is 0. The van der Waals surface area contributed by atoms with Crippen LogP contribution in [0.15, 0.2) is 6.20 Å². The molecule has 1 rings (SSSR count). The van der Waals surface area contributed by atoms with Crippen LogP contribution in [0, 0.1) is 6.92 Å². The van der Waals surface area contributed by atoms with Crippen molar-refractivity contribution in [3.8, 4) is 0 Å². The van der Waals surface area contributed by atoms with Crippen LogP contribution in [0.2, 0.25) is 0 Å². The zero-order chi connectivity index (χ0) is 12.1. The van der Waals surface area contributed by atoms with Crippen molar-refractivity contribution in [1.82, 2.24) is 15.1 Å². The molecular formula is C12H23N3O. The number of nitrogens with zero attached hydrogens (tertiary/aromatic N) is 2. The van der Waals surface area contributed by atoms with E-state index in [4.69, 9.17) is 0 Å². The van der Waals surface area contributed by atoms with Crippen molar-refractivity contribution in [2.75, 3.05) is 6.54 Å². The number of aromatic nitrogens is 2. The molecule has 1 aromatic rings. The predicted molar refractivity (Wildman–Crippen MR) is 65.3 cm³/mol. The monoisotopic (exact) mass is 225 g/mol. The third-order valence-electron chi connectivity index (χ3n) is 2.80. The highest BCUT2D eigenvalue weighted by Gasteiger charge is 2.12. The summed E-state index contributed by atoms with van der Waals surface area (Å²) in [6.45, 7) is 6.83.